The SMILES string of the molecule is Cc1ccc(Cc2nnc(SCCC(=O)O)n2N)cc1C. The quantitative estimate of drug-likeness (QED) is 0.624. The fourth-order valence-corrected chi connectivity index (χ4v) is 2.65. The summed E-state index contributed by atoms with van der Waals surface area (Å²) in [6.45, 7) is 4.14. The van der Waals surface area contributed by atoms with Crippen LogP contribution in [0.2, 0.25) is 0 Å². The Morgan fingerprint density at radius 3 is 2.76 bits per heavy atom. The van der Waals surface area contributed by atoms with Crippen molar-refractivity contribution in [3.63, 3.8) is 0 Å². The Morgan fingerprint density at radius 1 is 1.33 bits per heavy atom. The number of carbonyl (C=O) groups is 1. The maximum Gasteiger partial charge on any atom is 0.304 e. The lowest BCUT2D eigenvalue weighted by molar-refractivity contribution is -0.136. The first-order valence-corrected chi connectivity index (χ1v) is 7.56. The molecule has 0 aliphatic rings. The number of nitrogen functional groups attached to an aromatic ring is 1. The predicted molar refractivity (Wildman–Crippen MR) is 81.9 cm³/mol. The first kappa shape index (κ1) is 15.4. The van der Waals surface area contributed by atoms with Crippen molar-refractivity contribution in [2.75, 3.05) is 11.6 Å². The van der Waals surface area contributed by atoms with Gasteiger partial charge in [0.2, 0.25) is 5.16 Å². The molecule has 0 aliphatic carbocycles. The zero-order valence-corrected chi connectivity index (χ0v) is 12.9. The number of carboxylic acid groups (broad SMARTS) is 1. The molecule has 0 saturated heterocycles. The molecule has 1 aromatic carbocycles. The summed E-state index contributed by atoms with van der Waals surface area (Å²) >= 11 is 1.30. The lowest BCUT2D eigenvalue weighted by atomic mass is 10.0. The Labute approximate surface area is 127 Å². The number of aliphatic carboxylic acids is 1. The zero-order valence-electron chi connectivity index (χ0n) is 12.0. The minimum Gasteiger partial charge on any atom is -0.481 e. The second-order valence-electron chi connectivity index (χ2n) is 4.86. The summed E-state index contributed by atoms with van der Waals surface area (Å²) in [5.74, 6) is 6.21. The lowest BCUT2D eigenvalue weighted by Gasteiger charge is -2.06. The second-order valence-corrected chi connectivity index (χ2v) is 5.92. The Hall–Kier alpha value is -2.02. The summed E-state index contributed by atoms with van der Waals surface area (Å²) in [5.41, 5.74) is 3.60. The highest BCUT2D eigenvalue weighted by molar-refractivity contribution is 7.99. The summed E-state index contributed by atoms with van der Waals surface area (Å²) in [6, 6.07) is 6.24. The molecule has 3 N–H and O–H groups in total. The molecule has 21 heavy (non-hydrogen) atoms. The monoisotopic (exact) mass is 306 g/mol. The number of benzene rings is 1. The second kappa shape index (κ2) is 6.62. The number of nitrogens with two attached hydrogens (primary N) is 1. The standard InChI is InChI=1S/C14H18N4O2S/c1-9-3-4-11(7-10(9)2)8-12-16-17-14(18(12)15)21-6-5-13(19)20/h3-4,7H,5-6,8,15H2,1-2H3,(H,19,20). The highest BCUT2D eigenvalue weighted by atomic mass is 32.2. The summed E-state index contributed by atoms with van der Waals surface area (Å²) in [7, 11) is 0. The number of thioether (sulfide) groups is 1. The van der Waals surface area contributed by atoms with E-state index in [4.69, 9.17) is 10.9 Å². The molecule has 7 heteroatoms. The molecule has 0 saturated carbocycles. The van der Waals surface area contributed by atoms with Gasteiger partial charge in [0.05, 0.1) is 6.42 Å². The van der Waals surface area contributed by atoms with E-state index >= 15 is 0 Å². The Bertz CT molecular complexity index is 654. The number of nitrogens with zero attached hydrogens (tertiary/aromatic N) is 3. The van der Waals surface area contributed by atoms with Crippen LogP contribution in [0.5, 0.6) is 0 Å². The number of aromatic nitrogens is 3. The summed E-state index contributed by atoms with van der Waals surface area (Å²) in [6.07, 6.45) is 0.675. The molecule has 0 radical (unpaired) electrons. The van der Waals surface area contributed by atoms with Crippen molar-refractivity contribution in [2.45, 2.75) is 31.8 Å². The molecule has 0 fully saturated rings. The highest BCUT2D eigenvalue weighted by Crippen LogP contribution is 2.18. The maximum atomic E-state index is 10.5. The van der Waals surface area contributed by atoms with Crippen LogP contribution in [0, 0.1) is 13.8 Å². The van der Waals surface area contributed by atoms with Gasteiger partial charge in [-0.15, -0.1) is 10.2 Å². The smallest absolute Gasteiger partial charge is 0.304 e. The van der Waals surface area contributed by atoms with Crippen LogP contribution in [0.4, 0.5) is 0 Å². The van der Waals surface area contributed by atoms with Crippen molar-refractivity contribution in [3.8, 4) is 0 Å². The largest absolute Gasteiger partial charge is 0.481 e. The van der Waals surface area contributed by atoms with Crippen molar-refractivity contribution in [1.29, 1.82) is 0 Å². The van der Waals surface area contributed by atoms with Crippen molar-refractivity contribution in [1.82, 2.24) is 14.9 Å². The summed E-state index contributed by atoms with van der Waals surface area (Å²) < 4.78 is 1.43. The predicted octanol–water partition coefficient (Wildman–Crippen LogP) is 1.77. The molecule has 1 heterocycles. The van der Waals surface area contributed by atoms with Gasteiger partial charge in [0.15, 0.2) is 5.82 Å². The fraction of sp³-hybridized carbons (Fsp3) is 0.357. The summed E-state index contributed by atoms with van der Waals surface area (Å²) in [5, 5.41) is 17.2. The van der Waals surface area contributed by atoms with Gasteiger partial charge in [-0.25, -0.2) is 4.68 Å². The fourth-order valence-electron chi connectivity index (χ4n) is 1.85. The minimum atomic E-state index is -0.832. The van der Waals surface area contributed by atoms with Crippen molar-refractivity contribution < 1.29 is 9.90 Å². The third-order valence-electron chi connectivity index (χ3n) is 3.22. The van der Waals surface area contributed by atoms with Gasteiger partial charge >= 0.3 is 5.97 Å². The van der Waals surface area contributed by atoms with E-state index in [2.05, 4.69) is 36.2 Å². The lowest BCUT2D eigenvalue weighted by Crippen LogP contribution is -2.14. The number of aryl methyl sites for hydroxylation is 2. The number of hydrogen-bond donors (Lipinski definition) is 2. The van der Waals surface area contributed by atoms with Gasteiger partial charge in [0, 0.05) is 12.2 Å². The minimum absolute atomic E-state index is 0.0734. The first-order chi connectivity index (χ1) is 9.97. The molecular formula is C14H18N4O2S. The number of carboxylic acids is 1. The molecule has 0 atom stereocenters. The van der Waals surface area contributed by atoms with Gasteiger partial charge in [-0.2, -0.15) is 0 Å². The zero-order chi connectivity index (χ0) is 15.4. The Morgan fingerprint density at radius 2 is 2.10 bits per heavy atom. The highest BCUT2D eigenvalue weighted by Gasteiger charge is 2.11. The molecule has 112 valence electrons. The van der Waals surface area contributed by atoms with Crippen molar-refractivity contribution >= 4 is 17.7 Å². The van der Waals surface area contributed by atoms with E-state index in [0.717, 1.165) is 5.56 Å². The number of hydrogen-bond acceptors (Lipinski definition) is 5. The van der Waals surface area contributed by atoms with E-state index in [0.29, 0.717) is 23.2 Å². The van der Waals surface area contributed by atoms with E-state index in [1.54, 1.807) is 0 Å². The van der Waals surface area contributed by atoms with Crippen LogP contribution in [0.15, 0.2) is 23.4 Å². The van der Waals surface area contributed by atoms with E-state index in [1.807, 2.05) is 6.07 Å². The Kier molecular flexibility index (Phi) is 4.85. The van der Waals surface area contributed by atoms with Gasteiger partial charge < -0.3 is 10.9 Å². The third-order valence-corrected chi connectivity index (χ3v) is 4.16. The van der Waals surface area contributed by atoms with E-state index in [9.17, 15) is 4.79 Å². The first-order valence-electron chi connectivity index (χ1n) is 6.57. The maximum absolute atomic E-state index is 10.5. The molecule has 0 bridgehead atoms. The number of rotatable bonds is 6. The third kappa shape index (κ3) is 3.98. The molecule has 2 aromatic rings. The average Bonchev–Trinajstić information content (AvgIpc) is 2.75. The average molecular weight is 306 g/mol. The Balaban J connectivity index is 2.05. The van der Waals surface area contributed by atoms with Gasteiger partial charge in [0.1, 0.15) is 0 Å². The van der Waals surface area contributed by atoms with Crippen LogP contribution in [0.3, 0.4) is 0 Å². The molecule has 0 amide bonds. The van der Waals surface area contributed by atoms with Crippen LogP contribution in [0.1, 0.15) is 28.9 Å². The molecule has 2 rings (SSSR count). The molecule has 1 aromatic heterocycles. The van der Waals surface area contributed by atoms with E-state index in [1.165, 1.54) is 27.6 Å². The normalized spacial score (nSPS) is 10.8. The van der Waals surface area contributed by atoms with Crippen LogP contribution in [-0.4, -0.2) is 31.7 Å². The van der Waals surface area contributed by atoms with Crippen LogP contribution >= 0.6 is 11.8 Å². The van der Waals surface area contributed by atoms with E-state index in [-0.39, 0.29) is 6.42 Å². The van der Waals surface area contributed by atoms with Crippen LogP contribution < -0.4 is 5.84 Å². The van der Waals surface area contributed by atoms with Gasteiger partial charge in [-0.1, -0.05) is 30.0 Å². The van der Waals surface area contributed by atoms with Crippen molar-refractivity contribution in [2.24, 2.45) is 0 Å². The molecule has 6 nitrogen and oxygen atoms in total. The van der Waals surface area contributed by atoms with Gasteiger partial charge in [-0.3, -0.25) is 4.79 Å². The molecular weight excluding hydrogens is 288 g/mol. The van der Waals surface area contributed by atoms with Crippen LogP contribution in [0.25, 0.3) is 0 Å². The molecule has 0 aliphatic heterocycles. The topological polar surface area (TPSA) is 94.0 Å². The summed E-state index contributed by atoms with van der Waals surface area (Å²) in [4.78, 5) is 10.5. The van der Waals surface area contributed by atoms with Gasteiger partial charge in [-0.05, 0) is 30.5 Å². The molecule has 0 spiro atoms. The van der Waals surface area contributed by atoms with Crippen LogP contribution in [-0.2, 0) is 11.2 Å². The van der Waals surface area contributed by atoms with E-state index < -0.39 is 5.97 Å². The molecule has 0 unspecified atom stereocenters. The van der Waals surface area contributed by atoms with Crippen molar-refractivity contribution in [3.05, 3.63) is 40.7 Å². The van der Waals surface area contributed by atoms with Gasteiger partial charge in [0.25, 0.3) is 0 Å².